The maximum absolute atomic E-state index is 15.9. The van der Waals surface area contributed by atoms with E-state index in [0.29, 0.717) is 41.1 Å². The Morgan fingerprint density at radius 3 is 2.59 bits per heavy atom. The van der Waals surface area contributed by atoms with Crippen LogP contribution in [-0.4, -0.2) is 80.8 Å². The van der Waals surface area contributed by atoms with Crippen LogP contribution in [0.5, 0.6) is 5.75 Å². The molecule has 39 heavy (non-hydrogen) atoms. The molecule has 3 aromatic rings. The fourth-order valence-electron chi connectivity index (χ4n) is 7.00. The third-order valence-electron chi connectivity index (χ3n) is 9.40. The summed E-state index contributed by atoms with van der Waals surface area (Å²) in [5.41, 5.74) is 7.91. The molecule has 0 spiro atoms. The monoisotopic (exact) mass is 534 g/mol. The number of benzene rings is 1. The number of carbonyl (C=O) groups is 1. The van der Waals surface area contributed by atoms with Gasteiger partial charge in [0.25, 0.3) is 0 Å². The molecule has 0 unspecified atom stereocenters. The molecule has 1 amide bonds. The lowest BCUT2D eigenvalue weighted by molar-refractivity contribution is -0.131. The molecule has 9 nitrogen and oxygen atoms in total. The largest absolute Gasteiger partial charge is 0.487 e. The molecule has 7 rings (SSSR count). The van der Waals surface area contributed by atoms with Crippen LogP contribution >= 0.6 is 0 Å². The second kappa shape index (κ2) is 9.45. The van der Waals surface area contributed by atoms with Gasteiger partial charge in [-0.25, -0.2) is 14.4 Å². The Morgan fingerprint density at radius 2 is 1.90 bits per heavy atom. The van der Waals surface area contributed by atoms with Gasteiger partial charge in [0.2, 0.25) is 5.91 Å². The summed E-state index contributed by atoms with van der Waals surface area (Å²) in [6, 6.07) is 5.97. The van der Waals surface area contributed by atoms with Gasteiger partial charge in [0, 0.05) is 62.5 Å². The summed E-state index contributed by atoms with van der Waals surface area (Å²) in [6.07, 6.45) is 9.78. The number of nitrogens with zero attached hydrogens (tertiary/aromatic N) is 5. The second-order valence-corrected chi connectivity index (χ2v) is 11.6. The highest BCUT2D eigenvalue weighted by Gasteiger charge is 2.47. The average Bonchev–Trinajstić information content (AvgIpc) is 3.62. The Labute approximate surface area is 227 Å². The van der Waals surface area contributed by atoms with Crippen molar-refractivity contribution in [3.05, 3.63) is 36.5 Å². The summed E-state index contributed by atoms with van der Waals surface area (Å²) in [4.78, 5) is 24.9. The zero-order chi connectivity index (χ0) is 26.7. The molecule has 2 bridgehead atoms. The number of hydrogen-bond donors (Lipinski definition) is 1. The lowest BCUT2D eigenvalue weighted by atomic mass is 9.85. The third kappa shape index (κ3) is 4.24. The Kier molecular flexibility index (Phi) is 6.00. The first-order valence-corrected chi connectivity index (χ1v) is 14.1. The Hall–Kier alpha value is -3.24. The van der Waals surface area contributed by atoms with Gasteiger partial charge in [-0.2, -0.15) is 0 Å². The molecule has 4 fully saturated rings. The number of piperazine rings is 1. The maximum Gasteiger partial charge on any atom is 0.219 e. The van der Waals surface area contributed by atoms with Gasteiger partial charge in [-0.1, -0.05) is 12.1 Å². The van der Waals surface area contributed by atoms with Crippen molar-refractivity contribution >= 4 is 22.8 Å². The predicted octanol–water partition coefficient (Wildman–Crippen LogP) is 3.78. The normalized spacial score (nSPS) is 28.7. The SMILES string of the molecule is CC(=O)N1CCN(C2CC(n3cc(-c4cccc(OC[C@]56CC[C@H](CC5)O6)c4F)c4c(N)ncnc43)C2)CC1. The molecule has 0 atom stereocenters. The minimum absolute atomic E-state index is 0.144. The molecule has 3 aliphatic heterocycles. The number of halogens is 1. The number of nitrogens with two attached hydrogens (primary N) is 1. The van der Waals surface area contributed by atoms with Crippen LogP contribution in [0.2, 0.25) is 0 Å². The summed E-state index contributed by atoms with van der Waals surface area (Å²) in [7, 11) is 0. The summed E-state index contributed by atoms with van der Waals surface area (Å²) >= 11 is 0. The smallest absolute Gasteiger partial charge is 0.219 e. The zero-order valence-electron chi connectivity index (χ0n) is 22.3. The predicted molar refractivity (Wildman–Crippen MR) is 145 cm³/mol. The molecule has 2 N–H and O–H groups in total. The second-order valence-electron chi connectivity index (χ2n) is 11.6. The van der Waals surface area contributed by atoms with Crippen LogP contribution in [0.1, 0.15) is 51.5 Å². The molecule has 4 aliphatic rings. The molecule has 1 saturated carbocycles. The summed E-state index contributed by atoms with van der Waals surface area (Å²) in [5, 5.41) is 0.670. The molecule has 0 radical (unpaired) electrons. The Balaban J connectivity index is 1.13. The molecule has 1 aliphatic carbocycles. The van der Waals surface area contributed by atoms with Crippen molar-refractivity contribution in [2.45, 2.75) is 69.2 Å². The molecule has 1 aromatic carbocycles. The summed E-state index contributed by atoms with van der Waals surface area (Å²) in [5.74, 6) is 0.306. The Morgan fingerprint density at radius 1 is 1.13 bits per heavy atom. The van der Waals surface area contributed by atoms with Gasteiger partial charge in [0.1, 0.15) is 30.0 Å². The number of aromatic nitrogens is 3. The minimum Gasteiger partial charge on any atom is -0.487 e. The summed E-state index contributed by atoms with van der Waals surface area (Å²) < 4.78 is 30.2. The van der Waals surface area contributed by atoms with Gasteiger partial charge >= 0.3 is 0 Å². The van der Waals surface area contributed by atoms with Gasteiger partial charge in [-0.05, 0) is 44.6 Å². The van der Waals surface area contributed by atoms with Gasteiger partial charge in [-0.15, -0.1) is 0 Å². The van der Waals surface area contributed by atoms with Crippen molar-refractivity contribution in [3.63, 3.8) is 0 Å². The highest BCUT2D eigenvalue weighted by Crippen LogP contribution is 2.45. The van der Waals surface area contributed by atoms with Crippen molar-refractivity contribution in [2.75, 3.05) is 38.5 Å². The molecule has 5 heterocycles. The van der Waals surface area contributed by atoms with Crippen LogP contribution < -0.4 is 10.5 Å². The number of ether oxygens (including phenoxy) is 2. The standard InChI is InChI=1S/C29H35FN6O3/c1-18(37)34-9-11-35(12-10-34)19-13-20(14-19)36-15-23(25-27(31)32-17-33-28(25)36)22-3-2-4-24(26(22)30)38-16-29-7-5-21(39-29)6-8-29/h2-4,15,17,19-21H,5-14,16H2,1H3,(H2,31,32,33)/t19?,20?,21-,29+. The maximum atomic E-state index is 15.9. The van der Waals surface area contributed by atoms with Crippen LogP contribution in [0.15, 0.2) is 30.7 Å². The highest BCUT2D eigenvalue weighted by molar-refractivity contribution is 6.01. The first kappa shape index (κ1) is 24.8. The van der Waals surface area contributed by atoms with E-state index in [1.807, 2.05) is 17.2 Å². The van der Waals surface area contributed by atoms with E-state index in [9.17, 15) is 4.79 Å². The van der Waals surface area contributed by atoms with Crippen LogP contribution in [0.3, 0.4) is 0 Å². The lowest BCUT2D eigenvalue weighted by Gasteiger charge is -2.46. The highest BCUT2D eigenvalue weighted by atomic mass is 19.1. The quantitative estimate of drug-likeness (QED) is 0.514. The lowest BCUT2D eigenvalue weighted by Crippen LogP contribution is -2.54. The van der Waals surface area contributed by atoms with E-state index in [4.69, 9.17) is 15.2 Å². The summed E-state index contributed by atoms with van der Waals surface area (Å²) in [6.45, 7) is 5.35. The molecule has 206 valence electrons. The van der Waals surface area contributed by atoms with Crippen molar-refractivity contribution in [2.24, 2.45) is 0 Å². The van der Waals surface area contributed by atoms with Gasteiger partial charge in [-0.3, -0.25) is 9.69 Å². The van der Waals surface area contributed by atoms with Gasteiger partial charge < -0.3 is 24.7 Å². The van der Waals surface area contributed by atoms with Crippen LogP contribution in [-0.2, 0) is 9.53 Å². The molecule has 2 aromatic heterocycles. The molecule has 3 saturated heterocycles. The van der Waals surface area contributed by atoms with E-state index in [1.54, 1.807) is 19.1 Å². The fraction of sp³-hybridized carbons (Fsp3) is 0.552. The number of hydrogen-bond acceptors (Lipinski definition) is 7. The molecule has 10 heteroatoms. The number of amides is 1. The van der Waals surface area contributed by atoms with Crippen molar-refractivity contribution in [1.29, 1.82) is 0 Å². The van der Waals surface area contributed by atoms with Crippen LogP contribution in [0.4, 0.5) is 10.2 Å². The van der Waals surface area contributed by atoms with E-state index in [-0.39, 0.29) is 23.3 Å². The van der Waals surface area contributed by atoms with Gasteiger partial charge in [0.15, 0.2) is 11.6 Å². The first-order valence-electron chi connectivity index (χ1n) is 14.1. The van der Waals surface area contributed by atoms with Crippen LogP contribution in [0.25, 0.3) is 22.2 Å². The number of anilines is 1. The van der Waals surface area contributed by atoms with Gasteiger partial charge in [0.05, 0.1) is 11.5 Å². The first-order chi connectivity index (χ1) is 18.9. The van der Waals surface area contributed by atoms with Crippen LogP contribution in [0, 0.1) is 5.82 Å². The van der Waals surface area contributed by atoms with Crippen molar-refractivity contribution in [1.82, 2.24) is 24.3 Å². The van der Waals surface area contributed by atoms with E-state index < -0.39 is 5.82 Å². The molecular formula is C29H35FN6O3. The van der Waals surface area contributed by atoms with E-state index in [0.717, 1.165) is 70.4 Å². The fourth-order valence-corrected chi connectivity index (χ4v) is 7.00. The minimum atomic E-state index is -0.404. The number of nitrogen functional groups attached to an aromatic ring is 1. The van der Waals surface area contributed by atoms with E-state index in [1.165, 1.54) is 6.33 Å². The van der Waals surface area contributed by atoms with Crippen molar-refractivity contribution < 1.29 is 18.7 Å². The van der Waals surface area contributed by atoms with Crippen molar-refractivity contribution in [3.8, 4) is 16.9 Å². The zero-order valence-corrected chi connectivity index (χ0v) is 22.3. The number of rotatable bonds is 6. The topological polar surface area (TPSA) is 98.7 Å². The Bertz CT molecular complexity index is 1400. The number of fused-ring (bicyclic) bond motifs is 3. The molecular weight excluding hydrogens is 499 g/mol. The number of carbonyl (C=O) groups excluding carboxylic acids is 1. The van der Waals surface area contributed by atoms with E-state index in [2.05, 4.69) is 19.4 Å². The third-order valence-corrected chi connectivity index (χ3v) is 9.40. The average molecular weight is 535 g/mol. The van der Waals surface area contributed by atoms with E-state index >= 15 is 4.39 Å².